The number of thiazole rings is 1. The third kappa shape index (κ3) is 3.54. The zero-order valence-corrected chi connectivity index (χ0v) is 12.8. The molecule has 0 spiro atoms. The van der Waals surface area contributed by atoms with Gasteiger partial charge in [0.15, 0.2) is 4.21 Å². The van der Waals surface area contributed by atoms with Gasteiger partial charge in [0.25, 0.3) is 10.0 Å². The Labute approximate surface area is 121 Å². The van der Waals surface area contributed by atoms with Crippen molar-refractivity contribution in [3.05, 3.63) is 11.2 Å². The van der Waals surface area contributed by atoms with Crippen LogP contribution in [0.2, 0.25) is 0 Å². The third-order valence-electron chi connectivity index (χ3n) is 3.10. The van der Waals surface area contributed by atoms with Crippen LogP contribution in [-0.4, -0.2) is 66.4 Å². The number of aromatic nitrogens is 1. The van der Waals surface area contributed by atoms with Gasteiger partial charge in [-0.1, -0.05) is 0 Å². The first-order valence-electron chi connectivity index (χ1n) is 6.26. The van der Waals surface area contributed by atoms with E-state index in [-0.39, 0.29) is 10.8 Å². The molecule has 0 aromatic carbocycles. The molecular weight excluding hydrogens is 302 g/mol. The van der Waals surface area contributed by atoms with Gasteiger partial charge in [0.1, 0.15) is 0 Å². The van der Waals surface area contributed by atoms with Crippen molar-refractivity contribution in [3.63, 3.8) is 0 Å². The number of aliphatic carboxylic acids is 1. The van der Waals surface area contributed by atoms with E-state index in [1.54, 1.807) is 11.8 Å². The fourth-order valence-corrected chi connectivity index (χ4v) is 4.86. The normalized spacial score (nSPS) is 18.9. The Morgan fingerprint density at radius 1 is 1.40 bits per heavy atom. The summed E-state index contributed by atoms with van der Waals surface area (Å²) in [5, 5.41) is 9.50. The molecule has 0 bridgehead atoms. The molecule has 7 nitrogen and oxygen atoms in total. The Balaban J connectivity index is 2.08. The molecule has 0 amide bonds. The smallest absolute Gasteiger partial charge is 0.317 e. The molecule has 0 atom stereocenters. The summed E-state index contributed by atoms with van der Waals surface area (Å²) in [5.74, 6) is -0.889. The Bertz CT molecular complexity index is 584. The van der Waals surface area contributed by atoms with Crippen LogP contribution in [0.4, 0.5) is 0 Å². The number of rotatable bonds is 4. The van der Waals surface area contributed by atoms with E-state index in [4.69, 9.17) is 5.11 Å². The first kappa shape index (κ1) is 15.4. The molecule has 1 saturated heterocycles. The Morgan fingerprint density at radius 2 is 2.15 bits per heavy atom. The molecule has 1 N–H and O–H groups in total. The van der Waals surface area contributed by atoms with Crippen molar-refractivity contribution in [2.75, 3.05) is 32.7 Å². The summed E-state index contributed by atoms with van der Waals surface area (Å²) in [6.07, 6.45) is 2.01. The molecule has 20 heavy (non-hydrogen) atoms. The second-order valence-electron chi connectivity index (χ2n) is 4.63. The summed E-state index contributed by atoms with van der Waals surface area (Å²) in [7, 11) is -3.50. The molecule has 9 heteroatoms. The first-order valence-corrected chi connectivity index (χ1v) is 8.52. The number of carboxylic acid groups (broad SMARTS) is 1. The number of hydrogen-bond acceptors (Lipinski definition) is 6. The zero-order valence-electron chi connectivity index (χ0n) is 11.2. The minimum atomic E-state index is -3.50. The van der Waals surface area contributed by atoms with E-state index in [2.05, 4.69) is 4.98 Å². The van der Waals surface area contributed by atoms with Crippen molar-refractivity contribution in [1.82, 2.24) is 14.2 Å². The van der Waals surface area contributed by atoms with Gasteiger partial charge in [0, 0.05) is 26.2 Å². The number of carbonyl (C=O) groups is 1. The summed E-state index contributed by atoms with van der Waals surface area (Å²) < 4.78 is 26.6. The number of nitrogens with zero attached hydrogens (tertiary/aromatic N) is 3. The van der Waals surface area contributed by atoms with E-state index in [0.29, 0.717) is 37.6 Å². The van der Waals surface area contributed by atoms with Gasteiger partial charge < -0.3 is 5.11 Å². The Morgan fingerprint density at radius 3 is 2.75 bits per heavy atom. The summed E-state index contributed by atoms with van der Waals surface area (Å²) in [6.45, 7) is 3.47. The van der Waals surface area contributed by atoms with Gasteiger partial charge in [0.2, 0.25) is 0 Å². The van der Waals surface area contributed by atoms with Crippen LogP contribution in [0.1, 0.15) is 11.4 Å². The molecule has 2 heterocycles. The van der Waals surface area contributed by atoms with Crippen LogP contribution >= 0.6 is 11.3 Å². The van der Waals surface area contributed by atoms with Crippen LogP contribution in [-0.2, 0) is 14.8 Å². The summed E-state index contributed by atoms with van der Waals surface area (Å²) in [5.41, 5.74) is 0. The van der Waals surface area contributed by atoms with Gasteiger partial charge in [-0.2, -0.15) is 4.31 Å². The Hall–Kier alpha value is -1.03. The van der Waals surface area contributed by atoms with E-state index in [9.17, 15) is 13.2 Å². The lowest BCUT2D eigenvalue weighted by Gasteiger charge is -2.19. The topological polar surface area (TPSA) is 90.8 Å². The summed E-state index contributed by atoms with van der Waals surface area (Å²) in [6, 6.07) is 0. The van der Waals surface area contributed by atoms with E-state index >= 15 is 0 Å². The number of carboxylic acids is 1. The lowest BCUT2D eigenvalue weighted by Crippen LogP contribution is -2.36. The fraction of sp³-hybridized carbons (Fsp3) is 0.636. The van der Waals surface area contributed by atoms with Crippen molar-refractivity contribution in [2.45, 2.75) is 17.6 Å². The molecular formula is C11H17N3O4S2. The number of hydrogen-bond donors (Lipinski definition) is 1. The van der Waals surface area contributed by atoms with Crippen molar-refractivity contribution >= 4 is 27.3 Å². The predicted molar refractivity (Wildman–Crippen MR) is 74.3 cm³/mol. The van der Waals surface area contributed by atoms with E-state index < -0.39 is 16.0 Å². The molecule has 0 aliphatic carbocycles. The van der Waals surface area contributed by atoms with Crippen molar-refractivity contribution in [3.8, 4) is 0 Å². The molecule has 1 aromatic rings. The lowest BCUT2D eigenvalue weighted by atomic mass is 10.4. The minimum Gasteiger partial charge on any atom is -0.480 e. The SMILES string of the molecule is Cc1ncc(S(=O)(=O)N2CCCN(CC(=O)O)CC2)s1. The summed E-state index contributed by atoms with van der Waals surface area (Å²) >= 11 is 1.16. The fourth-order valence-electron chi connectivity index (χ4n) is 2.13. The molecule has 0 radical (unpaired) electrons. The highest BCUT2D eigenvalue weighted by atomic mass is 32.2. The van der Waals surface area contributed by atoms with E-state index in [0.717, 1.165) is 11.3 Å². The maximum Gasteiger partial charge on any atom is 0.317 e. The van der Waals surface area contributed by atoms with Gasteiger partial charge in [-0.25, -0.2) is 13.4 Å². The quantitative estimate of drug-likeness (QED) is 0.854. The second-order valence-corrected chi connectivity index (χ2v) is 8.03. The molecule has 1 aromatic heterocycles. The largest absolute Gasteiger partial charge is 0.480 e. The van der Waals surface area contributed by atoms with Crippen LogP contribution in [0, 0.1) is 6.92 Å². The van der Waals surface area contributed by atoms with Gasteiger partial charge in [-0.05, 0) is 13.3 Å². The van der Waals surface area contributed by atoms with Crippen molar-refractivity contribution in [1.29, 1.82) is 0 Å². The standard InChI is InChI=1S/C11H17N3O4S2/c1-9-12-7-11(19-9)20(17,18)14-4-2-3-13(5-6-14)8-10(15)16/h7H,2-6,8H2,1H3,(H,15,16). The van der Waals surface area contributed by atoms with Crippen LogP contribution in [0.15, 0.2) is 10.4 Å². The highest BCUT2D eigenvalue weighted by molar-refractivity contribution is 7.91. The van der Waals surface area contributed by atoms with Crippen molar-refractivity contribution < 1.29 is 18.3 Å². The molecule has 1 fully saturated rings. The lowest BCUT2D eigenvalue weighted by molar-refractivity contribution is -0.138. The minimum absolute atomic E-state index is 0.0481. The van der Waals surface area contributed by atoms with Gasteiger partial charge >= 0.3 is 5.97 Å². The third-order valence-corrected chi connectivity index (χ3v) is 6.35. The molecule has 2 rings (SSSR count). The molecule has 112 valence electrons. The van der Waals surface area contributed by atoms with E-state index in [1.807, 2.05) is 0 Å². The van der Waals surface area contributed by atoms with Crippen LogP contribution in [0.5, 0.6) is 0 Å². The first-order chi connectivity index (χ1) is 9.39. The maximum absolute atomic E-state index is 12.4. The molecule has 0 saturated carbocycles. The van der Waals surface area contributed by atoms with Crippen LogP contribution < -0.4 is 0 Å². The Kier molecular flexibility index (Phi) is 4.74. The van der Waals surface area contributed by atoms with Crippen LogP contribution in [0.25, 0.3) is 0 Å². The zero-order chi connectivity index (χ0) is 14.8. The van der Waals surface area contributed by atoms with Gasteiger partial charge in [-0.15, -0.1) is 11.3 Å². The summed E-state index contributed by atoms with van der Waals surface area (Å²) in [4.78, 5) is 16.4. The average molecular weight is 319 g/mol. The molecule has 1 aliphatic rings. The molecule has 1 aliphatic heterocycles. The van der Waals surface area contributed by atoms with Crippen molar-refractivity contribution in [2.24, 2.45) is 0 Å². The molecule has 0 unspecified atom stereocenters. The second kappa shape index (κ2) is 6.17. The average Bonchev–Trinajstić information content (AvgIpc) is 2.66. The van der Waals surface area contributed by atoms with Crippen LogP contribution in [0.3, 0.4) is 0 Å². The monoisotopic (exact) mass is 319 g/mol. The highest BCUT2D eigenvalue weighted by Crippen LogP contribution is 2.23. The van der Waals surface area contributed by atoms with Gasteiger partial charge in [0.05, 0.1) is 17.7 Å². The number of aryl methyl sites for hydroxylation is 1. The van der Waals surface area contributed by atoms with Gasteiger partial charge in [-0.3, -0.25) is 9.69 Å². The predicted octanol–water partition coefficient (Wildman–Crippen LogP) is 0.233. The maximum atomic E-state index is 12.4. The van der Waals surface area contributed by atoms with E-state index in [1.165, 1.54) is 10.5 Å². The highest BCUT2D eigenvalue weighted by Gasteiger charge is 2.28. The number of sulfonamides is 1.